The molecule has 0 radical (unpaired) electrons. The van der Waals surface area contributed by atoms with Gasteiger partial charge in [-0.2, -0.15) is 0 Å². The number of ether oxygens (including phenoxy) is 4. The SMILES string of the molecule is CCC(=O)OCC(COC(=O)CC)OCCCC(=O)OC. The van der Waals surface area contributed by atoms with E-state index in [9.17, 15) is 14.4 Å². The van der Waals surface area contributed by atoms with Crippen LogP contribution < -0.4 is 0 Å². The Labute approximate surface area is 124 Å². The van der Waals surface area contributed by atoms with Crippen molar-refractivity contribution in [2.24, 2.45) is 0 Å². The van der Waals surface area contributed by atoms with Crippen LogP contribution in [0.4, 0.5) is 0 Å². The molecule has 0 aromatic carbocycles. The maximum atomic E-state index is 11.1. The van der Waals surface area contributed by atoms with Gasteiger partial charge in [-0.25, -0.2) is 0 Å². The third-order valence-electron chi connectivity index (χ3n) is 2.54. The van der Waals surface area contributed by atoms with Gasteiger partial charge in [0.05, 0.1) is 7.11 Å². The van der Waals surface area contributed by atoms with E-state index in [1.165, 1.54) is 7.11 Å². The molecule has 0 atom stereocenters. The minimum atomic E-state index is -0.534. The lowest BCUT2D eigenvalue weighted by Crippen LogP contribution is -2.29. The van der Waals surface area contributed by atoms with Gasteiger partial charge in [-0.1, -0.05) is 13.8 Å². The highest BCUT2D eigenvalue weighted by atomic mass is 16.6. The second-order valence-corrected chi connectivity index (χ2v) is 4.25. The fraction of sp³-hybridized carbons (Fsp3) is 0.786. The van der Waals surface area contributed by atoms with Crippen molar-refractivity contribution in [1.82, 2.24) is 0 Å². The van der Waals surface area contributed by atoms with Crippen LogP contribution in [0.2, 0.25) is 0 Å². The van der Waals surface area contributed by atoms with Crippen molar-refractivity contribution in [3.8, 4) is 0 Å². The molecular weight excluding hydrogens is 280 g/mol. The van der Waals surface area contributed by atoms with Gasteiger partial charge in [0.2, 0.25) is 0 Å². The Balaban J connectivity index is 4.07. The quantitative estimate of drug-likeness (QED) is 0.322. The zero-order chi connectivity index (χ0) is 16.1. The summed E-state index contributed by atoms with van der Waals surface area (Å²) >= 11 is 0. The van der Waals surface area contributed by atoms with E-state index in [4.69, 9.17) is 14.2 Å². The molecule has 0 aromatic heterocycles. The standard InChI is InChI=1S/C14H24O7/c1-4-12(15)20-9-11(10-21-13(16)5-2)19-8-6-7-14(17)18-3/h11H,4-10H2,1-3H3. The normalized spacial score (nSPS) is 10.3. The first-order chi connectivity index (χ1) is 10.0. The van der Waals surface area contributed by atoms with Gasteiger partial charge in [0, 0.05) is 25.9 Å². The van der Waals surface area contributed by atoms with E-state index < -0.39 is 6.10 Å². The molecule has 0 heterocycles. The van der Waals surface area contributed by atoms with E-state index >= 15 is 0 Å². The van der Waals surface area contributed by atoms with E-state index in [-0.39, 0.29) is 57.0 Å². The predicted octanol–water partition coefficient (Wildman–Crippen LogP) is 1.23. The predicted molar refractivity (Wildman–Crippen MR) is 73.5 cm³/mol. The molecule has 0 saturated carbocycles. The summed E-state index contributed by atoms with van der Waals surface area (Å²) in [5.74, 6) is -1.01. The molecular formula is C14H24O7. The maximum absolute atomic E-state index is 11.1. The molecule has 0 aromatic rings. The molecule has 21 heavy (non-hydrogen) atoms. The minimum absolute atomic E-state index is 0.0158. The average molecular weight is 304 g/mol. The summed E-state index contributed by atoms with van der Waals surface area (Å²) in [5, 5.41) is 0. The number of hydrogen-bond acceptors (Lipinski definition) is 7. The first kappa shape index (κ1) is 19.4. The average Bonchev–Trinajstić information content (AvgIpc) is 2.51. The maximum Gasteiger partial charge on any atom is 0.305 e. The van der Waals surface area contributed by atoms with Gasteiger partial charge in [-0.05, 0) is 6.42 Å². The molecule has 0 aliphatic heterocycles. The summed E-state index contributed by atoms with van der Waals surface area (Å²) in [7, 11) is 1.32. The molecule has 0 aliphatic carbocycles. The van der Waals surface area contributed by atoms with Crippen LogP contribution >= 0.6 is 0 Å². The van der Waals surface area contributed by atoms with Gasteiger partial charge in [-0.15, -0.1) is 0 Å². The highest BCUT2D eigenvalue weighted by Crippen LogP contribution is 2.01. The van der Waals surface area contributed by atoms with Gasteiger partial charge in [0.15, 0.2) is 0 Å². The highest BCUT2D eigenvalue weighted by molar-refractivity contribution is 5.69. The number of carbonyl (C=O) groups is 3. The van der Waals surface area contributed by atoms with Crippen LogP contribution in [-0.2, 0) is 33.3 Å². The summed E-state index contributed by atoms with van der Waals surface area (Å²) < 4.78 is 19.9. The fourth-order valence-corrected chi connectivity index (χ4v) is 1.29. The van der Waals surface area contributed by atoms with Gasteiger partial charge in [-0.3, -0.25) is 14.4 Å². The largest absolute Gasteiger partial charge is 0.469 e. The molecule has 0 spiro atoms. The fourth-order valence-electron chi connectivity index (χ4n) is 1.29. The van der Waals surface area contributed by atoms with E-state index in [1.54, 1.807) is 13.8 Å². The third-order valence-corrected chi connectivity index (χ3v) is 2.54. The summed E-state index contributed by atoms with van der Waals surface area (Å²) in [6, 6.07) is 0. The van der Waals surface area contributed by atoms with E-state index in [0.717, 1.165) is 0 Å². The van der Waals surface area contributed by atoms with Crippen LogP contribution in [0, 0.1) is 0 Å². The summed E-state index contributed by atoms with van der Waals surface area (Å²) in [4.78, 5) is 33.2. The van der Waals surface area contributed by atoms with Crippen LogP contribution in [0.25, 0.3) is 0 Å². The summed E-state index contributed by atoms with van der Waals surface area (Å²) in [6.07, 6.45) is 0.723. The number of rotatable bonds is 11. The molecule has 0 saturated heterocycles. The van der Waals surface area contributed by atoms with Crippen molar-refractivity contribution in [3.63, 3.8) is 0 Å². The molecule has 0 fully saturated rings. The molecule has 122 valence electrons. The lowest BCUT2D eigenvalue weighted by molar-refractivity contribution is -0.154. The molecule has 0 bridgehead atoms. The molecule has 0 amide bonds. The van der Waals surface area contributed by atoms with Gasteiger partial charge in [0.1, 0.15) is 19.3 Å². The summed E-state index contributed by atoms with van der Waals surface area (Å²) in [5.41, 5.74) is 0. The Morgan fingerprint density at radius 1 is 0.905 bits per heavy atom. The highest BCUT2D eigenvalue weighted by Gasteiger charge is 2.15. The minimum Gasteiger partial charge on any atom is -0.469 e. The monoisotopic (exact) mass is 304 g/mol. The van der Waals surface area contributed by atoms with E-state index in [0.29, 0.717) is 6.42 Å². The van der Waals surface area contributed by atoms with Crippen molar-refractivity contribution in [2.45, 2.75) is 45.6 Å². The molecule has 7 heteroatoms. The van der Waals surface area contributed by atoms with Crippen LogP contribution in [0.3, 0.4) is 0 Å². The van der Waals surface area contributed by atoms with Gasteiger partial charge >= 0.3 is 17.9 Å². The van der Waals surface area contributed by atoms with Crippen molar-refractivity contribution in [3.05, 3.63) is 0 Å². The molecule has 0 N–H and O–H groups in total. The van der Waals surface area contributed by atoms with Crippen LogP contribution in [0.5, 0.6) is 0 Å². The summed E-state index contributed by atoms with van der Waals surface area (Å²) in [6.45, 7) is 3.69. The number of esters is 3. The Hall–Kier alpha value is -1.63. The smallest absolute Gasteiger partial charge is 0.305 e. The molecule has 7 nitrogen and oxygen atoms in total. The molecule has 0 unspecified atom stereocenters. The lowest BCUT2D eigenvalue weighted by atomic mass is 10.3. The van der Waals surface area contributed by atoms with Crippen LogP contribution in [0.1, 0.15) is 39.5 Å². The number of carbonyl (C=O) groups excluding carboxylic acids is 3. The third kappa shape index (κ3) is 10.8. The van der Waals surface area contributed by atoms with Crippen molar-refractivity contribution in [2.75, 3.05) is 26.9 Å². The second-order valence-electron chi connectivity index (χ2n) is 4.25. The molecule has 0 rings (SSSR count). The van der Waals surface area contributed by atoms with Crippen LogP contribution in [-0.4, -0.2) is 50.9 Å². The second kappa shape index (κ2) is 12.1. The van der Waals surface area contributed by atoms with E-state index in [2.05, 4.69) is 4.74 Å². The van der Waals surface area contributed by atoms with Crippen molar-refractivity contribution in [1.29, 1.82) is 0 Å². The Bertz CT molecular complexity index is 307. The number of hydrogen-bond donors (Lipinski definition) is 0. The Kier molecular flexibility index (Phi) is 11.2. The van der Waals surface area contributed by atoms with E-state index in [1.807, 2.05) is 0 Å². The zero-order valence-corrected chi connectivity index (χ0v) is 12.9. The molecule has 0 aliphatic rings. The lowest BCUT2D eigenvalue weighted by Gasteiger charge is -2.17. The Morgan fingerprint density at radius 3 is 1.86 bits per heavy atom. The zero-order valence-electron chi connectivity index (χ0n) is 12.9. The van der Waals surface area contributed by atoms with Gasteiger partial charge < -0.3 is 18.9 Å². The number of methoxy groups -OCH3 is 1. The first-order valence-electron chi connectivity index (χ1n) is 7.03. The van der Waals surface area contributed by atoms with Crippen LogP contribution in [0.15, 0.2) is 0 Å². The Morgan fingerprint density at radius 2 is 1.43 bits per heavy atom. The topological polar surface area (TPSA) is 88.1 Å². The van der Waals surface area contributed by atoms with Gasteiger partial charge in [0.25, 0.3) is 0 Å². The van der Waals surface area contributed by atoms with Crippen molar-refractivity contribution < 1.29 is 33.3 Å². The first-order valence-corrected chi connectivity index (χ1v) is 7.03. The van der Waals surface area contributed by atoms with Crippen molar-refractivity contribution >= 4 is 17.9 Å².